The smallest absolute Gasteiger partial charge is 0.322 e. The molecule has 0 aliphatic carbocycles. The summed E-state index contributed by atoms with van der Waals surface area (Å²) < 4.78 is 0. The van der Waals surface area contributed by atoms with Crippen LogP contribution in [0.1, 0.15) is 46.5 Å². The number of urea groups is 1. The highest BCUT2D eigenvalue weighted by Gasteiger charge is 2.36. The first-order chi connectivity index (χ1) is 9.63. The van der Waals surface area contributed by atoms with Gasteiger partial charge in [-0.15, -0.1) is 0 Å². The third-order valence-corrected chi connectivity index (χ3v) is 3.44. The van der Waals surface area contributed by atoms with E-state index in [1.165, 1.54) is 4.90 Å². The van der Waals surface area contributed by atoms with Gasteiger partial charge in [0.25, 0.3) is 5.91 Å². The lowest BCUT2D eigenvalue weighted by molar-refractivity contribution is -0.128. The number of carbonyl (C=O) groups excluding carboxylic acids is 2. The first-order valence-corrected chi connectivity index (χ1v) is 7.61. The summed E-state index contributed by atoms with van der Waals surface area (Å²) in [7, 11) is 0. The van der Waals surface area contributed by atoms with Crippen molar-refractivity contribution in [2.45, 2.75) is 52.5 Å². The van der Waals surface area contributed by atoms with Crippen LogP contribution in [0.15, 0.2) is 12.2 Å². The van der Waals surface area contributed by atoms with Crippen LogP contribution in [-0.4, -0.2) is 47.5 Å². The molecule has 0 bridgehead atoms. The number of hydrogen-bond acceptors (Lipinski definition) is 3. The minimum Gasteiger partial charge on any atom is -0.322 e. The van der Waals surface area contributed by atoms with E-state index in [1.54, 1.807) is 12.2 Å². The predicted octanol–water partition coefficient (Wildman–Crippen LogP) is 2.34. The van der Waals surface area contributed by atoms with Gasteiger partial charge in [-0.25, -0.2) is 9.69 Å². The Balaban J connectivity index is 2.61. The van der Waals surface area contributed by atoms with Gasteiger partial charge in [0.2, 0.25) is 0 Å². The van der Waals surface area contributed by atoms with Gasteiger partial charge in [0, 0.05) is 0 Å². The molecular formula is C15H27N3O2. The van der Waals surface area contributed by atoms with Crippen LogP contribution < -0.4 is 5.32 Å². The zero-order valence-electron chi connectivity index (χ0n) is 12.9. The highest BCUT2D eigenvalue weighted by atomic mass is 16.2. The molecule has 1 rings (SSSR count). The molecule has 0 spiro atoms. The highest BCUT2D eigenvalue weighted by Crippen LogP contribution is 2.10. The molecule has 1 N–H and O–H groups in total. The topological polar surface area (TPSA) is 52.7 Å². The van der Waals surface area contributed by atoms with Crippen molar-refractivity contribution < 1.29 is 9.59 Å². The van der Waals surface area contributed by atoms with Crippen LogP contribution in [0, 0.1) is 0 Å². The summed E-state index contributed by atoms with van der Waals surface area (Å²) in [4.78, 5) is 27.6. The molecule has 0 aromatic heterocycles. The van der Waals surface area contributed by atoms with Crippen molar-refractivity contribution in [2.24, 2.45) is 0 Å². The van der Waals surface area contributed by atoms with Gasteiger partial charge in [-0.2, -0.15) is 0 Å². The number of unbranched alkanes of at least 4 members (excludes halogenated alkanes) is 2. The summed E-state index contributed by atoms with van der Waals surface area (Å²) >= 11 is 0. The lowest BCUT2D eigenvalue weighted by Crippen LogP contribution is -2.42. The number of allylic oxidation sites excluding steroid dienone is 1. The molecule has 1 aliphatic heterocycles. The van der Waals surface area contributed by atoms with Crippen LogP contribution >= 0.6 is 0 Å². The molecule has 0 aromatic carbocycles. The molecule has 1 saturated heterocycles. The van der Waals surface area contributed by atoms with Gasteiger partial charge in [-0.3, -0.25) is 9.69 Å². The van der Waals surface area contributed by atoms with Crippen molar-refractivity contribution in [3.8, 4) is 0 Å². The van der Waals surface area contributed by atoms with Crippen molar-refractivity contribution in [3.63, 3.8) is 0 Å². The van der Waals surface area contributed by atoms with Crippen LogP contribution in [0.2, 0.25) is 0 Å². The van der Waals surface area contributed by atoms with E-state index in [9.17, 15) is 9.59 Å². The third kappa shape index (κ3) is 4.63. The number of imide groups is 1. The summed E-state index contributed by atoms with van der Waals surface area (Å²) in [6.07, 6.45) is 7.92. The number of nitrogens with zero attached hydrogens (tertiary/aromatic N) is 2. The standard InChI is InChI=1S/C15H27N3O2/c1-4-7-10-17(11-8-5-2)12-18-14(19)13(9-6-3)16-15(18)20/h6,9,13H,4-5,7-8,10-12H2,1-3H3,(H,16,20). The largest absolute Gasteiger partial charge is 0.326 e. The first-order valence-electron chi connectivity index (χ1n) is 7.61. The highest BCUT2D eigenvalue weighted by molar-refractivity contribution is 6.05. The van der Waals surface area contributed by atoms with Crippen molar-refractivity contribution in [2.75, 3.05) is 19.8 Å². The Morgan fingerprint density at radius 2 is 1.80 bits per heavy atom. The maximum absolute atomic E-state index is 12.2. The van der Waals surface area contributed by atoms with Crippen LogP contribution in [0.25, 0.3) is 0 Å². The molecule has 1 atom stereocenters. The van der Waals surface area contributed by atoms with Crippen molar-refractivity contribution >= 4 is 11.9 Å². The van der Waals surface area contributed by atoms with E-state index >= 15 is 0 Å². The van der Waals surface area contributed by atoms with Gasteiger partial charge in [0.05, 0.1) is 6.67 Å². The SMILES string of the molecule is CC=CC1NC(=O)N(CN(CCCC)CCCC)C1=O. The quantitative estimate of drug-likeness (QED) is 0.521. The Labute approximate surface area is 122 Å². The van der Waals surface area contributed by atoms with E-state index in [1.807, 2.05) is 6.92 Å². The van der Waals surface area contributed by atoms with E-state index in [2.05, 4.69) is 24.1 Å². The maximum Gasteiger partial charge on any atom is 0.326 e. The molecule has 1 heterocycles. The zero-order chi connectivity index (χ0) is 15.0. The molecule has 0 radical (unpaired) electrons. The minimum atomic E-state index is -0.494. The third-order valence-electron chi connectivity index (χ3n) is 3.44. The van der Waals surface area contributed by atoms with Crippen LogP contribution in [0.5, 0.6) is 0 Å². The lowest BCUT2D eigenvalue weighted by atomic mass is 10.2. The molecule has 114 valence electrons. The number of amides is 3. The molecular weight excluding hydrogens is 254 g/mol. The molecule has 5 heteroatoms. The first kappa shape index (κ1) is 16.7. The van der Waals surface area contributed by atoms with Crippen molar-refractivity contribution in [3.05, 3.63) is 12.2 Å². The predicted molar refractivity (Wildman–Crippen MR) is 80.2 cm³/mol. The fourth-order valence-corrected chi connectivity index (χ4v) is 2.21. The second-order valence-corrected chi connectivity index (χ2v) is 5.19. The average molecular weight is 281 g/mol. The Hall–Kier alpha value is -1.36. The molecule has 0 saturated carbocycles. The Bertz CT molecular complexity index is 347. The molecule has 1 aliphatic rings. The summed E-state index contributed by atoms with van der Waals surface area (Å²) in [5.41, 5.74) is 0. The second-order valence-electron chi connectivity index (χ2n) is 5.19. The molecule has 0 aromatic rings. The zero-order valence-corrected chi connectivity index (χ0v) is 12.9. The summed E-state index contributed by atoms with van der Waals surface area (Å²) in [6, 6.07) is -0.775. The molecule has 20 heavy (non-hydrogen) atoms. The summed E-state index contributed by atoms with van der Waals surface area (Å²) in [5.74, 6) is -0.147. The van der Waals surface area contributed by atoms with E-state index < -0.39 is 6.04 Å². The van der Waals surface area contributed by atoms with Gasteiger partial charge in [-0.1, -0.05) is 38.8 Å². The summed E-state index contributed by atoms with van der Waals surface area (Å²) in [6.45, 7) is 8.40. The molecule has 3 amide bonds. The number of rotatable bonds is 9. The van der Waals surface area contributed by atoms with Gasteiger partial charge >= 0.3 is 6.03 Å². The van der Waals surface area contributed by atoms with E-state index in [4.69, 9.17) is 0 Å². The molecule has 1 fully saturated rings. The minimum absolute atomic E-state index is 0.147. The van der Waals surface area contributed by atoms with Crippen molar-refractivity contribution in [1.29, 1.82) is 0 Å². The average Bonchev–Trinajstić information content (AvgIpc) is 2.69. The fourth-order valence-electron chi connectivity index (χ4n) is 2.21. The normalized spacial score (nSPS) is 19.4. The van der Waals surface area contributed by atoms with Gasteiger partial charge in [0.15, 0.2) is 0 Å². The van der Waals surface area contributed by atoms with E-state index in [-0.39, 0.29) is 11.9 Å². The Morgan fingerprint density at radius 1 is 1.20 bits per heavy atom. The monoisotopic (exact) mass is 281 g/mol. The van der Waals surface area contributed by atoms with Gasteiger partial charge in [-0.05, 0) is 32.9 Å². The Morgan fingerprint density at radius 3 is 2.30 bits per heavy atom. The number of hydrogen-bond donors (Lipinski definition) is 1. The van der Waals surface area contributed by atoms with Crippen molar-refractivity contribution in [1.82, 2.24) is 15.1 Å². The maximum atomic E-state index is 12.2. The molecule has 5 nitrogen and oxygen atoms in total. The summed E-state index contributed by atoms with van der Waals surface area (Å²) in [5, 5.41) is 2.70. The van der Waals surface area contributed by atoms with Crippen LogP contribution in [0.3, 0.4) is 0 Å². The van der Waals surface area contributed by atoms with E-state index in [0.29, 0.717) is 6.67 Å². The van der Waals surface area contributed by atoms with Crippen LogP contribution in [0.4, 0.5) is 4.79 Å². The molecule has 1 unspecified atom stereocenters. The van der Waals surface area contributed by atoms with Crippen LogP contribution in [-0.2, 0) is 4.79 Å². The fraction of sp³-hybridized carbons (Fsp3) is 0.733. The number of nitrogens with one attached hydrogen (secondary N) is 1. The van der Waals surface area contributed by atoms with Gasteiger partial charge < -0.3 is 5.32 Å². The second kappa shape index (κ2) is 8.74. The Kier molecular flexibility index (Phi) is 7.30. The van der Waals surface area contributed by atoms with Gasteiger partial charge in [0.1, 0.15) is 6.04 Å². The lowest BCUT2D eigenvalue weighted by Gasteiger charge is -2.26. The number of carbonyl (C=O) groups is 2. The van der Waals surface area contributed by atoms with E-state index in [0.717, 1.165) is 38.8 Å².